The first-order chi connectivity index (χ1) is 12.0. The molecular weight excluding hydrogens is 336 g/mol. The summed E-state index contributed by atoms with van der Waals surface area (Å²) < 4.78 is 17.1. The molecule has 0 spiro atoms. The Morgan fingerprint density at radius 1 is 1.50 bits per heavy atom. The molecule has 0 aromatic heterocycles. The van der Waals surface area contributed by atoms with Gasteiger partial charge in [0.1, 0.15) is 18.3 Å². The SMILES string of the molecule is C=C1C(=O)O[C@H]2[C@H]3O[C@]3(C)CC/C=C(\C)[C@@H](OC(=O)CC(C)(C)O)C[C@@H]12. The molecule has 6 heteroatoms. The highest BCUT2D eigenvalue weighted by molar-refractivity contribution is 5.91. The molecular formula is C20H28O6. The molecule has 1 aliphatic carbocycles. The Hall–Kier alpha value is -1.66. The molecule has 26 heavy (non-hydrogen) atoms. The largest absolute Gasteiger partial charge is 0.458 e. The van der Waals surface area contributed by atoms with Crippen LogP contribution in [0.4, 0.5) is 0 Å². The summed E-state index contributed by atoms with van der Waals surface area (Å²) in [6.07, 6.45) is 2.99. The first-order valence-corrected chi connectivity index (χ1v) is 9.16. The molecule has 0 unspecified atom stereocenters. The molecule has 5 atom stereocenters. The van der Waals surface area contributed by atoms with Crippen molar-refractivity contribution >= 4 is 11.9 Å². The van der Waals surface area contributed by atoms with E-state index in [0.717, 1.165) is 18.4 Å². The molecule has 0 radical (unpaired) electrons. The Labute approximate surface area is 154 Å². The number of epoxide rings is 1. The number of fused-ring (bicyclic) bond motifs is 3. The number of hydrogen-bond donors (Lipinski definition) is 1. The van der Waals surface area contributed by atoms with Crippen LogP contribution in [-0.2, 0) is 23.8 Å². The minimum atomic E-state index is -1.13. The lowest BCUT2D eigenvalue weighted by molar-refractivity contribution is -0.153. The zero-order valence-electron chi connectivity index (χ0n) is 15.9. The minimum Gasteiger partial charge on any atom is -0.458 e. The van der Waals surface area contributed by atoms with Crippen LogP contribution in [0.15, 0.2) is 23.8 Å². The van der Waals surface area contributed by atoms with Crippen LogP contribution in [0.2, 0.25) is 0 Å². The normalized spacial score (nSPS) is 39.2. The van der Waals surface area contributed by atoms with Crippen molar-refractivity contribution in [3.8, 4) is 0 Å². The Kier molecular flexibility index (Phi) is 4.78. The maximum atomic E-state index is 12.2. The highest BCUT2D eigenvalue weighted by atomic mass is 16.6. The van der Waals surface area contributed by atoms with Crippen molar-refractivity contribution in [3.63, 3.8) is 0 Å². The maximum Gasteiger partial charge on any atom is 0.334 e. The highest BCUT2D eigenvalue weighted by Gasteiger charge is 2.61. The zero-order chi connectivity index (χ0) is 19.3. The predicted octanol–water partition coefficient (Wildman–Crippen LogP) is 2.44. The van der Waals surface area contributed by atoms with E-state index in [2.05, 4.69) is 12.7 Å². The van der Waals surface area contributed by atoms with E-state index in [1.165, 1.54) is 0 Å². The average Bonchev–Trinajstić information content (AvgIpc) is 3.09. The molecule has 2 heterocycles. The van der Waals surface area contributed by atoms with Crippen molar-refractivity contribution in [1.82, 2.24) is 0 Å². The monoisotopic (exact) mass is 364 g/mol. The summed E-state index contributed by atoms with van der Waals surface area (Å²) >= 11 is 0. The standard InChI is InChI=1S/C20H28O6/c1-11-7-6-8-20(5)17(26-20)16-13(12(2)18(22)25-16)9-14(11)24-15(21)10-19(3,4)23/h7,13-14,16-17,23H,2,6,8-10H2,1,3-5H3/b11-7+/t13-,14-,16+,17+,20+/m0/s1. The van der Waals surface area contributed by atoms with Crippen LogP contribution in [-0.4, -0.2) is 46.6 Å². The quantitative estimate of drug-likeness (QED) is 0.358. The number of allylic oxidation sites excluding steroid dienone is 1. The lowest BCUT2D eigenvalue weighted by atomic mass is 9.83. The van der Waals surface area contributed by atoms with E-state index in [9.17, 15) is 14.7 Å². The van der Waals surface area contributed by atoms with Crippen molar-refractivity contribution in [2.75, 3.05) is 0 Å². The summed E-state index contributed by atoms with van der Waals surface area (Å²) in [4.78, 5) is 24.3. The van der Waals surface area contributed by atoms with E-state index in [4.69, 9.17) is 14.2 Å². The van der Waals surface area contributed by atoms with Gasteiger partial charge in [-0.1, -0.05) is 12.7 Å². The number of carbonyl (C=O) groups excluding carboxylic acids is 2. The van der Waals surface area contributed by atoms with Crippen molar-refractivity contribution in [1.29, 1.82) is 0 Å². The van der Waals surface area contributed by atoms with Gasteiger partial charge >= 0.3 is 11.9 Å². The number of carbonyl (C=O) groups is 2. The van der Waals surface area contributed by atoms with Crippen LogP contribution < -0.4 is 0 Å². The average molecular weight is 364 g/mol. The molecule has 6 nitrogen and oxygen atoms in total. The Morgan fingerprint density at radius 2 is 2.19 bits per heavy atom. The van der Waals surface area contributed by atoms with Gasteiger partial charge in [0.25, 0.3) is 0 Å². The number of ether oxygens (including phenoxy) is 3. The first-order valence-electron chi connectivity index (χ1n) is 9.16. The summed E-state index contributed by atoms with van der Waals surface area (Å²) in [6.45, 7) is 11.0. The molecule has 0 saturated carbocycles. The number of rotatable bonds is 3. The van der Waals surface area contributed by atoms with E-state index in [-0.39, 0.29) is 30.1 Å². The van der Waals surface area contributed by atoms with Crippen molar-refractivity contribution in [2.45, 2.75) is 82.9 Å². The predicted molar refractivity (Wildman–Crippen MR) is 94.2 cm³/mol. The highest BCUT2D eigenvalue weighted by Crippen LogP contribution is 2.50. The van der Waals surface area contributed by atoms with Crippen molar-refractivity contribution < 1.29 is 28.9 Å². The second kappa shape index (κ2) is 6.50. The third kappa shape index (κ3) is 3.86. The van der Waals surface area contributed by atoms with Gasteiger partial charge < -0.3 is 19.3 Å². The molecule has 2 fully saturated rings. The summed E-state index contributed by atoms with van der Waals surface area (Å²) in [5, 5.41) is 9.85. The summed E-state index contributed by atoms with van der Waals surface area (Å²) in [5.41, 5.74) is -0.0745. The molecule has 3 aliphatic rings. The molecule has 1 N–H and O–H groups in total. The minimum absolute atomic E-state index is 0.0922. The van der Waals surface area contributed by atoms with Gasteiger partial charge in [-0.25, -0.2) is 4.79 Å². The van der Waals surface area contributed by atoms with Gasteiger partial charge in [-0.3, -0.25) is 4.79 Å². The summed E-state index contributed by atoms with van der Waals surface area (Å²) in [5.74, 6) is -1.12. The third-order valence-corrected chi connectivity index (χ3v) is 5.52. The maximum absolute atomic E-state index is 12.2. The van der Waals surface area contributed by atoms with Gasteiger partial charge in [0.2, 0.25) is 0 Å². The van der Waals surface area contributed by atoms with Crippen LogP contribution in [0.25, 0.3) is 0 Å². The molecule has 0 aromatic rings. The van der Waals surface area contributed by atoms with E-state index >= 15 is 0 Å². The first kappa shape index (κ1) is 19.1. The van der Waals surface area contributed by atoms with Gasteiger partial charge in [0.15, 0.2) is 0 Å². The summed E-state index contributed by atoms with van der Waals surface area (Å²) in [7, 11) is 0. The fourth-order valence-corrected chi connectivity index (χ4v) is 3.88. The fraction of sp³-hybridized carbons (Fsp3) is 0.700. The Bertz CT molecular complexity index is 658. The number of hydrogen-bond acceptors (Lipinski definition) is 6. The van der Waals surface area contributed by atoms with Crippen LogP contribution in [0.3, 0.4) is 0 Å². The summed E-state index contributed by atoms with van der Waals surface area (Å²) in [6, 6.07) is 0. The molecule has 2 saturated heterocycles. The lowest BCUT2D eigenvalue weighted by Crippen LogP contribution is -2.34. The van der Waals surface area contributed by atoms with Crippen molar-refractivity contribution in [3.05, 3.63) is 23.8 Å². The van der Waals surface area contributed by atoms with E-state index in [0.29, 0.717) is 12.0 Å². The number of esters is 2. The van der Waals surface area contributed by atoms with Crippen molar-refractivity contribution in [2.24, 2.45) is 5.92 Å². The molecule has 3 rings (SSSR count). The van der Waals surface area contributed by atoms with Gasteiger partial charge in [0, 0.05) is 11.5 Å². The molecule has 0 amide bonds. The number of aliphatic hydroxyl groups is 1. The smallest absolute Gasteiger partial charge is 0.334 e. The second-order valence-corrected chi connectivity index (χ2v) is 8.54. The Balaban J connectivity index is 1.82. The topological polar surface area (TPSA) is 85.4 Å². The van der Waals surface area contributed by atoms with E-state index in [1.54, 1.807) is 13.8 Å². The third-order valence-electron chi connectivity index (χ3n) is 5.52. The fourth-order valence-electron chi connectivity index (χ4n) is 3.88. The molecule has 2 aliphatic heterocycles. The van der Waals surface area contributed by atoms with Crippen LogP contribution in [0.5, 0.6) is 0 Å². The van der Waals surface area contributed by atoms with Gasteiger partial charge in [-0.15, -0.1) is 0 Å². The van der Waals surface area contributed by atoms with Crippen LogP contribution in [0.1, 0.15) is 53.4 Å². The molecule has 144 valence electrons. The van der Waals surface area contributed by atoms with Crippen LogP contribution >= 0.6 is 0 Å². The molecule has 0 bridgehead atoms. The molecule has 0 aromatic carbocycles. The van der Waals surface area contributed by atoms with Crippen LogP contribution in [0, 0.1) is 5.92 Å². The van der Waals surface area contributed by atoms with Gasteiger partial charge in [0.05, 0.1) is 17.6 Å². The van der Waals surface area contributed by atoms with E-state index < -0.39 is 23.6 Å². The van der Waals surface area contributed by atoms with E-state index in [1.807, 2.05) is 13.8 Å². The lowest BCUT2D eigenvalue weighted by Gasteiger charge is -2.26. The second-order valence-electron chi connectivity index (χ2n) is 8.54. The Morgan fingerprint density at radius 3 is 2.85 bits per heavy atom. The zero-order valence-corrected chi connectivity index (χ0v) is 15.9. The van der Waals surface area contributed by atoms with Gasteiger partial charge in [-0.05, 0) is 52.5 Å². The van der Waals surface area contributed by atoms with Gasteiger partial charge in [-0.2, -0.15) is 0 Å².